The van der Waals surface area contributed by atoms with Gasteiger partial charge in [0.1, 0.15) is 5.01 Å². The molecule has 6 heteroatoms. The third-order valence-corrected chi connectivity index (χ3v) is 2.58. The number of nitrogens with one attached hydrogen (secondary N) is 1. The lowest BCUT2D eigenvalue weighted by molar-refractivity contribution is -0.146. The van der Waals surface area contributed by atoms with Crippen LogP contribution in [0.1, 0.15) is 18.9 Å². The van der Waals surface area contributed by atoms with Gasteiger partial charge in [-0.1, -0.05) is 11.3 Å². The molecule has 0 radical (unpaired) electrons. The minimum absolute atomic E-state index is 0.344. The minimum atomic E-state index is -0.828. The van der Waals surface area contributed by atoms with Crippen LogP contribution in [0.2, 0.25) is 0 Å². The zero-order chi connectivity index (χ0) is 10.8. The summed E-state index contributed by atoms with van der Waals surface area (Å²) in [5.74, 6) is -0.828. The van der Waals surface area contributed by atoms with Crippen LogP contribution in [0.3, 0.4) is 0 Å². The molecule has 14 heavy (non-hydrogen) atoms. The van der Waals surface area contributed by atoms with Crippen LogP contribution in [-0.4, -0.2) is 27.8 Å². The Hall–Kier alpha value is -1.17. The van der Waals surface area contributed by atoms with Gasteiger partial charge in [0.25, 0.3) is 0 Å². The van der Waals surface area contributed by atoms with E-state index in [1.807, 2.05) is 6.92 Å². The third-order valence-electron chi connectivity index (χ3n) is 1.79. The smallest absolute Gasteiger partial charge is 0.310 e. The van der Waals surface area contributed by atoms with Crippen LogP contribution in [0.15, 0.2) is 0 Å². The van der Waals surface area contributed by atoms with Gasteiger partial charge < -0.3 is 10.4 Å². The first-order chi connectivity index (χ1) is 6.42. The van der Waals surface area contributed by atoms with Crippen molar-refractivity contribution >= 4 is 22.4 Å². The number of nitrogens with zero attached hydrogens (tertiary/aromatic N) is 2. The highest BCUT2D eigenvalue weighted by atomic mass is 32.1. The molecule has 0 aliphatic heterocycles. The van der Waals surface area contributed by atoms with Crippen molar-refractivity contribution in [3.63, 3.8) is 0 Å². The lowest BCUT2D eigenvalue weighted by atomic mass is 9.94. The molecule has 0 unspecified atom stereocenters. The zero-order valence-electron chi connectivity index (χ0n) is 8.37. The summed E-state index contributed by atoms with van der Waals surface area (Å²) in [6, 6.07) is 0. The number of hydrogen-bond donors (Lipinski definition) is 2. The molecule has 0 aliphatic rings. The van der Waals surface area contributed by atoms with Crippen molar-refractivity contribution in [2.45, 2.75) is 20.8 Å². The Morgan fingerprint density at radius 3 is 2.64 bits per heavy atom. The molecule has 0 aromatic carbocycles. The molecule has 0 atom stereocenters. The molecule has 0 aliphatic carbocycles. The van der Waals surface area contributed by atoms with Gasteiger partial charge in [0.05, 0.1) is 5.41 Å². The van der Waals surface area contributed by atoms with Crippen molar-refractivity contribution in [2.24, 2.45) is 5.41 Å². The Morgan fingerprint density at radius 1 is 1.57 bits per heavy atom. The fourth-order valence-electron chi connectivity index (χ4n) is 0.740. The maximum Gasteiger partial charge on any atom is 0.310 e. The largest absolute Gasteiger partial charge is 0.481 e. The van der Waals surface area contributed by atoms with Gasteiger partial charge in [-0.2, -0.15) is 0 Å². The van der Waals surface area contributed by atoms with E-state index in [4.69, 9.17) is 5.11 Å². The maximum absolute atomic E-state index is 10.8. The van der Waals surface area contributed by atoms with Crippen LogP contribution < -0.4 is 5.32 Å². The molecule has 1 aromatic rings. The minimum Gasteiger partial charge on any atom is -0.481 e. The van der Waals surface area contributed by atoms with Gasteiger partial charge in [-0.25, -0.2) is 0 Å². The van der Waals surface area contributed by atoms with Crippen molar-refractivity contribution in [1.82, 2.24) is 10.2 Å². The zero-order valence-corrected chi connectivity index (χ0v) is 9.18. The van der Waals surface area contributed by atoms with Gasteiger partial charge in [0.15, 0.2) is 0 Å². The second-order valence-corrected chi connectivity index (χ2v) is 4.85. The number of carboxylic acids is 1. The first-order valence-electron chi connectivity index (χ1n) is 4.19. The monoisotopic (exact) mass is 215 g/mol. The van der Waals surface area contributed by atoms with E-state index in [9.17, 15) is 4.79 Å². The van der Waals surface area contributed by atoms with E-state index in [2.05, 4.69) is 15.5 Å². The van der Waals surface area contributed by atoms with Crippen LogP contribution in [-0.2, 0) is 4.79 Å². The average Bonchev–Trinajstić information content (AvgIpc) is 2.48. The highest BCUT2D eigenvalue weighted by Crippen LogP contribution is 2.19. The number of hydrogen-bond acceptors (Lipinski definition) is 5. The molecule has 0 fully saturated rings. The first kappa shape index (κ1) is 10.9. The maximum atomic E-state index is 10.8. The summed E-state index contributed by atoms with van der Waals surface area (Å²) in [7, 11) is 0. The summed E-state index contributed by atoms with van der Waals surface area (Å²) in [5, 5.41) is 21.0. The molecular weight excluding hydrogens is 202 g/mol. The number of anilines is 1. The molecular formula is C8H13N3O2S. The SMILES string of the molecule is Cc1nnc(NCC(C)(C)C(=O)O)s1. The lowest BCUT2D eigenvalue weighted by Gasteiger charge is -2.18. The Kier molecular flexibility index (Phi) is 3.05. The summed E-state index contributed by atoms with van der Waals surface area (Å²) in [5.41, 5.74) is -0.792. The number of aryl methyl sites for hydroxylation is 1. The fraction of sp³-hybridized carbons (Fsp3) is 0.625. The van der Waals surface area contributed by atoms with Crippen molar-refractivity contribution in [1.29, 1.82) is 0 Å². The van der Waals surface area contributed by atoms with Crippen molar-refractivity contribution in [3.8, 4) is 0 Å². The summed E-state index contributed by atoms with van der Waals surface area (Å²) in [6.07, 6.45) is 0. The number of carbonyl (C=O) groups is 1. The number of aromatic nitrogens is 2. The first-order valence-corrected chi connectivity index (χ1v) is 5.01. The Labute approximate surface area is 86.2 Å². The van der Waals surface area contributed by atoms with Gasteiger partial charge in [-0.3, -0.25) is 4.79 Å². The van der Waals surface area contributed by atoms with Gasteiger partial charge in [-0.15, -0.1) is 10.2 Å². The average molecular weight is 215 g/mol. The van der Waals surface area contributed by atoms with Crippen LogP contribution >= 0.6 is 11.3 Å². The molecule has 1 heterocycles. The predicted molar refractivity (Wildman–Crippen MR) is 54.6 cm³/mol. The Bertz CT molecular complexity index is 335. The summed E-state index contributed by atoms with van der Waals surface area (Å²) >= 11 is 1.41. The predicted octanol–water partition coefficient (Wildman–Crippen LogP) is 1.37. The summed E-state index contributed by atoms with van der Waals surface area (Å²) in [4.78, 5) is 10.8. The highest BCUT2D eigenvalue weighted by Gasteiger charge is 2.27. The number of rotatable bonds is 4. The second kappa shape index (κ2) is 3.91. The molecule has 1 aromatic heterocycles. The molecule has 0 bridgehead atoms. The molecule has 0 saturated heterocycles. The Balaban J connectivity index is 2.52. The van der Waals surface area contributed by atoms with E-state index in [-0.39, 0.29) is 0 Å². The van der Waals surface area contributed by atoms with Crippen molar-refractivity contribution < 1.29 is 9.90 Å². The van der Waals surface area contributed by atoms with Crippen LogP contribution in [0.5, 0.6) is 0 Å². The lowest BCUT2D eigenvalue weighted by Crippen LogP contribution is -2.31. The molecule has 0 saturated carbocycles. The quantitative estimate of drug-likeness (QED) is 0.793. The highest BCUT2D eigenvalue weighted by molar-refractivity contribution is 7.15. The topological polar surface area (TPSA) is 75.1 Å². The number of carboxylic acid groups (broad SMARTS) is 1. The number of aliphatic carboxylic acids is 1. The van der Waals surface area contributed by atoms with E-state index in [0.29, 0.717) is 11.7 Å². The summed E-state index contributed by atoms with van der Waals surface area (Å²) < 4.78 is 0. The summed E-state index contributed by atoms with van der Waals surface area (Å²) in [6.45, 7) is 5.52. The van der Waals surface area contributed by atoms with Gasteiger partial charge >= 0.3 is 5.97 Å². The van der Waals surface area contributed by atoms with Crippen LogP contribution in [0.4, 0.5) is 5.13 Å². The van der Waals surface area contributed by atoms with Gasteiger partial charge in [-0.05, 0) is 20.8 Å². The van der Waals surface area contributed by atoms with Crippen LogP contribution in [0.25, 0.3) is 0 Å². The molecule has 0 spiro atoms. The standard InChI is InChI=1S/C8H13N3O2S/c1-5-10-11-7(14-5)9-4-8(2,3)6(12)13/h4H2,1-3H3,(H,9,11)(H,12,13). The van der Waals surface area contributed by atoms with E-state index < -0.39 is 11.4 Å². The Morgan fingerprint density at radius 2 is 2.21 bits per heavy atom. The van der Waals surface area contributed by atoms with Crippen molar-refractivity contribution in [2.75, 3.05) is 11.9 Å². The second-order valence-electron chi connectivity index (χ2n) is 3.67. The van der Waals surface area contributed by atoms with Crippen molar-refractivity contribution in [3.05, 3.63) is 5.01 Å². The normalized spacial score (nSPS) is 11.4. The molecule has 1 rings (SSSR count). The van der Waals surface area contributed by atoms with Crippen LogP contribution in [0, 0.1) is 12.3 Å². The van der Waals surface area contributed by atoms with Gasteiger partial charge in [0.2, 0.25) is 5.13 Å². The fourth-order valence-corrected chi connectivity index (χ4v) is 1.33. The van der Waals surface area contributed by atoms with E-state index in [0.717, 1.165) is 5.01 Å². The molecule has 5 nitrogen and oxygen atoms in total. The van der Waals surface area contributed by atoms with E-state index in [1.54, 1.807) is 13.8 Å². The molecule has 0 amide bonds. The molecule has 78 valence electrons. The third kappa shape index (κ3) is 2.66. The van der Waals surface area contributed by atoms with E-state index in [1.165, 1.54) is 11.3 Å². The molecule has 2 N–H and O–H groups in total. The van der Waals surface area contributed by atoms with E-state index >= 15 is 0 Å². The van der Waals surface area contributed by atoms with Gasteiger partial charge in [0, 0.05) is 6.54 Å².